The molecular formula is C11H9N3O5S2. The van der Waals surface area contributed by atoms with Gasteiger partial charge in [-0.25, -0.2) is 0 Å². The first-order chi connectivity index (χ1) is 9.97. The standard InChI is InChI=1S/C11H9N3O5S2/c15-5-2-1-3-6(16)8(5)9(19)12-10-13-14-11(21-10)20-4-7(17)18/h1-3,15-16H,4H2,(H,17,18)(H,12,13,19). The van der Waals surface area contributed by atoms with Crippen LogP contribution in [0.1, 0.15) is 10.4 Å². The Balaban J connectivity index is 2.08. The fourth-order valence-corrected chi connectivity index (χ4v) is 2.83. The maximum atomic E-state index is 11.9. The minimum Gasteiger partial charge on any atom is -0.507 e. The van der Waals surface area contributed by atoms with Crippen LogP contribution >= 0.6 is 23.1 Å². The summed E-state index contributed by atoms with van der Waals surface area (Å²) in [6, 6.07) is 3.93. The Morgan fingerprint density at radius 1 is 1.24 bits per heavy atom. The molecule has 0 radical (unpaired) electrons. The number of carboxylic acid groups (broad SMARTS) is 1. The zero-order valence-electron chi connectivity index (χ0n) is 10.3. The van der Waals surface area contributed by atoms with Crippen molar-refractivity contribution >= 4 is 40.1 Å². The third-order valence-electron chi connectivity index (χ3n) is 2.19. The smallest absolute Gasteiger partial charge is 0.313 e. The van der Waals surface area contributed by atoms with Crippen LogP contribution in [0.4, 0.5) is 5.13 Å². The number of amides is 1. The van der Waals surface area contributed by atoms with Gasteiger partial charge in [-0.3, -0.25) is 14.9 Å². The second-order valence-electron chi connectivity index (χ2n) is 3.68. The first-order valence-corrected chi connectivity index (χ1v) is 7.28. The molecule has 21 heavy (non-hydrogen) atoms. The number of thioether (sulfide) groups is 1. The van der Waals surface area contributed by atoms with Crippen LogP contribution in [0.25, 0.3) is 0 Å². The molecule has 2 aromatic rings. The molecule has 2 rings (SSSR count). The first-order valence-electron chi connectivity index (χ1n) is 5.47. The number of carboxylic acids is 1. The van der Waals surface area contributed by atoms with Crippen molar-refractivity contribution in [1.82, 2.24) is 10.2 Å². The number of hydrogen-bond donors (Lipinski definition) is 4. The highest BCUT2D eigenvalue weighted by Gasteiger charge is 2.18. The van der Waals surface area contributed by atoms with Crippen LogP contribution in [0.15, 0.2) is 22.5 Å². The third-order valence-corrected chi connectivity index (χ3v) is 4.15. The maximum absolute atomic E-state index is 11.9. The molecule has 4 N–H and O–H groups in total. The van der Waals surface area contributed by atoms with Crippen LogP contribution in [0.2, 0.25) is 0 Å². The minimum absolute atomic E-state index is 0.135. The van der Waals surface area contributed by atoms with E-state index in [1.165, 1.54) is 18.2 Å². The number of phenols is 2. The number of anilines is 1. The van der Waals surface area contributed by atoms with Gasteiger partial charge in [0.15, 0.2) is 4.34 Å². The zero-order chi connectivity index (χ0) is 15.4. The molecule has 1 heterocycles. The van der Waals surface area contributed by atoms with E-state index in [1.54, 1.807) is 0 Å². The molecule has 0 saturated heterocycles. The average molecular weight is 327 g/mol. The van der Waals surface area contributed by atoms with Gasteiger partial charge in [0.25, 0.3) is 5.91 Å². The fourth-order valence-electron chi connectivity index (χ4n) is 1.36. The Bertz CT molecular complexity index is 668. The lowest BCUT2D eigenvalue weighted by atomic mass is 10.1. The lowest BCUT2D eigenvalue weighted by Gasteiger charge is -2.05. The number of hydrogen-bond acceptors (Lipinski definition) is 8. The largest absolute Gasteiger partial charge is 0.507 e. The Hall–Kier alpha value is -2.33. The molecule has 1 aromatic heterocycles. The Kier molecular flexibility index (Phi) is 4.60. The molecule has 0 bridgehead atoms. The van der Waals surface area contributed by atoms with Crippen molar-refractivity contribution in [2.24, 2.45) is 0 Å². The minimum atomic E-state index is -0.986. The number of aliphatic carboxylic acids is 1. The van der Waals surface area contributed by atoms with Crippen molar-refractivity contribution in [1.29, 1.82) is 0 Å². The number of benzene rings is 1. The summed E-state index contributed by atoms with van der Waals surface area (Å²) >= 11 is 1.97. The molecular weight excluding hydrogens is 318 g/mol. The fraction of sp³-hybridized carbons (Fsp3) is 0.0909. The van der Waals surface area contributed by atoms with Crippen LogP contribution in [-0.2, 0) is 4.79 Å². The zero-order valence-corrected chi connectivity index (χ0v) is 11.9. The van der Waals surface area contributed by atoms with Gasteiger partial charge in [0.1, 0.15) is 17.1 Å². The van der Waals surface area contributed by atoms with Gasteiger partial charge in [-0.1, -0.05) is 29.2 Å². The van der Waals surface area contributed by atoms with Gasteiger partial charge in [-0.15, -0.1) is 10.2 Å². The Labute approximate surface area is 126 Å². The van der Waals surface area contributed by atoms with Crippen LogP contribution in [0.5, 0.6) is 11.5 Å². The maximum Gasteiger partial charge on any atom is 0.313 e. The average Bonchev–Trinajstić information content (AvgIpc) is 2.83. The number of phenolic OH excluding ortho intramolecular Hbond substituents is 2. The highest BCUT2D eigenvalue weighted by molar-refractivity contribution is 8.01. The van der Waals surface area contributed by atoms with Crippen molar-refractivity contribution < 1.29 is 24.9 Å². The normalized spacial score (nSPS) is 10.3. The summed E-state index contributed by atoms with van der Waals surface area (Å²) in [6.07, 6.45) is 0. The van der Waals surface area contributed by atoms with Crippen LogP contribution in [0, 0.1) is 0 Å². The Morgan fingerprint density at radius 2 is 1.90 bits per heavy atom. The molecule has 1 aromatic carbocycles. The molecule has 0 atom stereocenters. The third kappa shape index (κ3) is 3.83. The van der Waals surface area contributed by atoms with Crippen molar-refractivity contribution in [2.75, 3.05) is 11.1 Å². The summed E-state index contributed by atoms with van der Waals surface area (Å²) in [5, 5.41) is 37.6. The lowest BCUT2D eigenvalue weighted by molar-refractivity contribution is -0.133. The number of carbonyl (C=O) groups is 2. The highest BCUT2D eigenvalue weighted by Crippen LogP contribution is 2.29. The molecule has 10 heteroatoms. The monoisotopic (exact) mass is 327 g/mol. The quantitative estimate of drug-likeness (QED) is 0.478. The number of nitrogens with zero attached hydrogens (tertiary/aromatic N) is 2. The molecule has 0 saturated carbocycles. The number of aromatic hydroxyl groups is 2. The molecule has 0 aliphatic carbocycles. The summed E-state index contributed by atoms with van der Waals surface area (Å²) < 4.78 is 0.384. The predicted molar refractivity (Wildman–Crippen MR) is 76.0 cm³/mol. The predicted octanol–water partition coefficient (Wildman–Crippen LogP) is 1.38. The van der Waals surface area contributed by atoms with E-state index in [2.05, 4.69) is 15.5 Å². The number of nitrogens with one attached hydrogen (secondary N) is 1. The summed E-state index contributed by atoms with van der Waals surface area (Å²) in [5.41, 5.74) is -0.271. The molecule has 0 aliphatic heterocycles. The van der Waals surface area contributed by atoms with Gasteiger partial charge < -0.3 is 15.3 Å². The van der Waals surface area contributed by atoms with Crippen molar-refractivity contribution in [3.05, 3.63) is 23.8 Å². The molecule has 1 amide bonds. The molecule has 0 fully saturated rings. The molecule has 8 nitrogen and oxygen atoms in total. The van der Waals surface area contributed by atoms with E-state index in [-0.39, 0.29) is 27.9 Å². The van der Waals surface area contributed by atoms with E-state index in [0.29, 0.717) is 4.34 Å². The van der Waals surface area contributed by atoms with E-state index in [4.69, 9.17) is 5.11 Å². The van der Waals surface area contributed by atoms with E-state index in [0.717, 1.165) is 23.1 Å². The first kappa shape index (κ1) is 15.1. The molecule has 110 valence electrons. The van der Waals surface area contributed by atoms with Crippen LogP contribution in [0.3, 0.4) is 0 Å². The summed E-state index contributed by atoms with van der Waals surface area (Å²) in [7, 11) is 0. The summed E-state index contributed by atoms with van der Waals surface area (Å²) in [6.45, 7) is 0. The van der Waals surface area contributed by atoms with Crippen molar-refractivity contribution in [3.8, 4) is 11.5 Å². The number of rotatable bonds is 5. The molecule has 0 aliphatic rings. The van der Waals surface area contributed by atoms with Gasteiger partial charge in [-0.2, -0.15) is 0 Å². The second-order valence-corrected chi connectivity index (χ2v) is 5.88. The highest BCUT2D eigenvalue weighted by atomic mass is 32.2. The van der Waals surface area contributed by atoms with E-state index in [9.17, 15) is 19.8 Å². The lowest BCUT2D eigenvalue weighted by Crippen LogP contribution is -2.12. The van der Waals surface area contributed by atoms with E-state index in [1.807, 2.05) is 0 Å². The van der Waals surface area contributed by atoms with Gasteiger partial charge >= 0.3 is 5.97 Å². The van der Waals surface area contributed by atoms with Gasteiger partial charge in [0.2, 0.25) is 5.13 Å². The van der Waals surface area contributed by atoms with Gasteiger partial charge in [0, 0.05) is 0 Å². The summed E-state index contributed by atoms with van der Waals surface area (Å²) in [4.78, 5) is 22.4. The van der Waals surface area contributed by atoms with Gasteiger partial charge in [0.05, 0.1) is 5.75 Å². The second kappa shape index (κ2) is 6.41. The van der Waals surface area contributed by atoms with E-state index < -0.39 is 11.9 Å². The summed E-state index contributed by atoms with van der Waals surface area (Å²) in [5.74, 6) is -2.62. The molecule has 0 spiro atoms. The molecule has 0 unspecified atom stereocenters. The van der Waals surface area contributed by atoms with E-state index >= 15 is 0 Å². The van der Waals surface area contributed by atoms with Gasteiger partial charge in [-0.05, 0) is 12.1 Å². The van der Waals surface area contributed by atoms with Crippen LogP contribution < -0.4 is 5.32 Å². The Morgan fingerprint density at radius 3 is 2.52 bits per heavy atom. The SMILES string of the molecule is O=C(O)CSc1nnc(NC(=O)c2c(O)cccc2O)s1. The van der Waals surface area contributed by atoms with Crippen molar-refractivity contribution in [2.45, 2.75) is 4.34 Å². The number of carbonyl (C=O) groups excluding carboxylic acids is 1. The van der Waals surface area contributed by atoms with Crippen molar-refractivity contribution in [3.63, 3.8) is 0 Å². The number of aromatic nitrogens is 2. The van der Waals surface area contributed by atoms with Crippen LogP contribution in [-0.4, -0.2) is 43.1 Å². The topological polar surface area (TPSA) is 133 Å².